The molecule has 118 valence electrons. The minimum atomic E-state index is -1.86. The van der Waals surface area contributed by atoms with Gasteiger partial charge in [-0.05, 0) is 17.2 Å². The van der Waals surface area contributed by atoms with Crippen molar-refractivity contribution < 1.29 is 4.39 Å². The summed E-state index contributed by atoms with van der Waals surface area (Å²) in [6.45, 7) is 0.981. The summed E-state index contributed by atoms with van der Waals surface area (Å²) < 4.78 is 14.5. The number of fused-ring (bicyclic) bond motifs is 1. The van der Waals surface area contributed by atoms with E-state index in [0.717, 1.165) is 0 Å². The Bertz CT molecular complexity index is 837. The van der Waals surface area contributed by atoms with Crippen LogP contribution in [-0.2, 0) is 0 Å². The van der Waals surface area contributed by atoms with Crippen LogP contribution >= 0.6 is 0 Å². The molecule has 1 aliphatic heterocycles. The Labute approximate surface area is 139 Å². The van der Waals surface area contributed by atoms with Gasteiger partial charge in [0, 0.05) is 24.9 Å². The number of hydrogen-bond acceptors (Lipinski definition) is 5. The van der Waals surface area contributed by atoms with Gasteiger partial charge in [-0.3, -0.25) is 0 Å². The third-order valence-electron chi connectivity index (χ3n) is 4.91. The molecular weight excluding hydrogens is 305 g/mol. The van der Waals surface area contributed by atoms with Crippen LogP contribution < -0.4 is 5.32 Å². The second kappa shape index (κ2) is 5.89. The van der Waals surface area contributed by atoms with Gasteiger partial charge in [-0.2, -0.15) is 15.8 Å². The molecule has 1 aromatic rings. The maximum Gasteiger partial charge on any atom is 0.189 e. The van der Waals surface area contributed by atoms with Crippen molar-refractivity contribution in [2.24, 2.45) is 17.3 Å². The van der Waals surface area contributed by atoms with E-state index in [1.165, 1.54) is 6.07 Å². The van der Waals surface area contributed by atoms with Gasteiger partial charge in [0.2, 0.25) is 0 Å². The molecule has 0 aromatic heterocycles. The first-order chi connectivity index (χ1) is 11.6. The van der Waals surface area contributed by atoms with Crippen LogP contribution in [0.3, 0.4) is 0 Å². The Hall–Kier alpha value is -3.01. The molecule has 5 nitrogen and oxygen atoms in total. The predicted molar refractivity (Wildman–Crippen MR) is 84.1 cm³/mol. The second-order valence-electron chi connectivity index (χ2n) is 5.98. The molecule has 0 radical (unpaired) electrons. The Morgan fingerprint density at radius 1 is 1.21 bits per heavy atom. The monoisotopic (exact) mass is 319 g/mol. The Kier molecular flexibility index (Phi) is 3.89. The molecule has 0 amide bonds. The minimum absolute atomic E-state index is 0.237. The van der Waals surface area contributed by atoms with E-state index in [9.17, 15) is 20.2 Å². The fourth-order valence-corrected chi connectivity index (χ4v) is 3.80. The van der Waals surface area contributed by atoms with Crippen LogP contribution in [0.1, 0.15) is 11.5 Å². The number of nitrogens with zero attached hydrogens (tertiary/aromatic N) is 3. The molecule has 2 N–H and O–H groups in total. The molecule has 3 rings (SSSR count). The lowest BCUT2D eigenvalue weighted by atomic mass is 9.54. The zero-order chi connectivity index (χ0) is 17.3. The molecule has 0 bridgehead atoms. The van der Waals surface area contributed by atoms with Crippen molar-refractivity contribution in [1.29, 1.82) is 21.2 Å². The van der Waals surface area contributed by atoms with Gasteiger partial charge in [0.15, 0.2) is 5.41 Å². The van der Waals surface area contributed by atoms with Crippen molar-refractivity contribution in [1.82, 2.24) is 5.32 Å². The van der Waals surface area contributed by atoms with Crippen LogP contribution in [0.15, 0.2) is 35.9 Å². The van der Waals surface area contributed by atoms with E-state index in [1.807, 2.05) is 24.3 Å². The molecule has 3 atom stereocenters. The lowest BCUT2D eigenvalue weighted by Gasteiger charge is -2.45. The first-order valence-electron chi connectivity index (χ1n) is 7.56. The molecule has 6 heteroatoms. The first kappa shape index (κ1) is 15.9. The zero-order valence-corrected chi connectivity index (χ0v) is 12.8. The van der Waals surface area contributed by atoms with Crippen LogP contribution in [0, 0.1) is 62.5 Å². The van der Waals surface area contributed by atoms with Crippen molar-refractivity contribution in [3.8, 4) is 18.2 Å². The highest BCUT2D eigenvalue weighted by Gasteiger charge is 2.57. The third-order valence-corrected chi connectivity index (χ3v) is 4.91. The SMILES string of the molecule is N#CC1C(=N)C(C#N)(C#N)C(c2ccccc2F)C2CNCC=C12. The lowest BCUT2D eigenvalue weighted by molar-refractivity contribution is 0.324. The van der Waals surface area contributed by atoms with Gasteiger partial charge in [0.05, 0.1) is 23.9 Å². The van der Waals surface area contributed by atoms with Crippen molar-refractivity contribution in [3.63, 3.8) is 0 Å². The fraction of sp³-hybridized carbons (Fsp3) is 0.333. The summed E-state index contributed by atoms with van der Waals surface area (Å²) in [5, 5.41) is 40.5. The first-order valence-corrected chi connectivity index (χ1v) is 7.56. The highest BCUT2D eigenvalue weighted by Crippen LogP contribution is 2.53. The summed E-state index contributed by atoms with van der Waals surface area (Å²) in [7, 11) is 0. The number of halogens is 1. The van der Waals surface area contributed by atoms with Crippen molar-refractivity contribution in [2.45, 2.75) is 5.92 Å². The number of benzene rings is 1. The molecule has 1 heterocycles. The molecule has 24 heavy (non-hydrogen) atoms. The normalized spacial score (nSPS) is 27.8. The van der Waals surface area contributed by atoms with E-state index < -0.39 is 23.1 Å². The topological polar surface area (TPSA) is 107 Å². The third kappa shape index (κ3) is 2.03. The van der Waals surface area contributed by atoms with Gasteiger partial charge in [0.1, 0.15) is 11.7 Å². The summed E-state index contributed by atoms with van der Waals surface area (Å²) in [5.41, 5.74) is -1.17. The maximum absolute atomic E-state index is 14.5. The summed E-state index contributed by atoms with van der Waals surface area (Å²) >= 11 is 0. The molecule has 1 aliphatic carbocycles. The van der Waals surface area contributed by atoms with Crippen LogP contribution in [0.4, 0.5) is 4.39 Å². The maximum atomic E-state index is 14.5. The van der Waals surface area contributed by atoms with Gasteiger partial charge < -0.3 is 10.7 Å². The Morgan fingerprint density at radius 3 is 2.54 bits per heavy atom. The molecule has 1 fully saturated rings. The van der Waals surface area contributed by atoms with Crippen LogP contribution in [0.25, 0.3) is 0 Å². The summed E-state index contributed by atoms with van der Waals surface area (Å²) in [6, 6.07) is 11.9. The van der Waals surface area contributed by atoms with E-state index in [1.54, 1.807) is 18.2 Å². The van der Waals surface area contributed by atoms with E-state index >= 15 is 0 Å². The van der Waals surface area contributed by atoms with Crippen LogP contribution in [0.5, 0.6) is 0 Å². The van der Waals surface area contributed by atoms with Crippen LogP contribution in [0.2, 0.25) is 0 Å². The number of rotatable bonds is 1. The highest BCUT2D eigenvalue weighted by atomic mass is 19.1. The van der Waals surface area contributed by atoms with Crippen LogP contribution in [-0.4, -0.2) is 18.8 Å². The largest absolute Gasteiger partial charge is 0.313 e. The second-order valence-corrected chi connectivity index (χ2v) is 5.98. The van der Waals surface area contributed by atoms with Gasteiger partial charge in [0.25, 0.3) is 0 Å². The fourth-order valence-electron chi connectivity index (χ4n) is 3.80. The number of nitrogens with one attached hydrogen (secondary N) is 2. The van der Waals surface area contributed by atoms with E-state index in [4.69, 9.17) is 5.41 Å². The molecule has 1 saturated carbocycles. The summed E-state index contributed by atoms with van der Waals surface area (Å²) in [4.78, 5) is 0. The van der Waals surface area contributed by atoms with Gasteiger partial charge in [-0.25, -0.2) is 4.39 Å². The molecule has 0 spiro atoms. The summed E-state index contributed by atoms with van der Waals surface area (Å²) in [5.74, 6) is -2.64. The van der Waals surface area contributed by atoms with Gasteiger partial charge >= 0.3 is 0 Å². The molecule has 3 unspecified atom stereocenters. The molecular formula is C18H14FN5. The van der Waals surface area contributed by atoms with Gasteiger partial charge in [-0.1, -0.05) is 24.3 Å². The minimum Gasteiger partial charge on any atom is -0.313 e. The standard InChI is InChI=1S/C18H14FN5/c19-15-4-2-1-3-12(15)16-14-8-24-6-5-11(14)13(7-20)17(23)18(16,9-21)10-22/h1-5,13-14,16,23-24H,6,8H2. The van der Waals surface area contributed by atoms with Crippen molar-refractivity contribution in [2.75, 3.05) is 13.1 Å². The van der Waals surface area contributed by atoms with E-state index in [-0.39, 0.29) is 17.2 Å². The van der Waals surface area contributed by atoms with E-state index in [0.29, 0.717) is 18.7 Å². The average molecular weight is 319 g/mol. The average Bonchev–Trinajstić information content (AvgIpc) is 2.62. The Morgan fingerprint density at radius 2 is 1.92 bits per heavy atom. The van der Waals surface area contributed by atoms with E-state index in [2.05, 4.69) is 5.32 Å². The number of nitriles is 3. The molecule has 2 aliphatic rings. The van der Waals surface area contributed by atoms with Crippen molar-refractivity contribution >= 4 is 5.71 Å². The Balaban J connectivity index is 2.29. The lowest BCUT2D eigenvalue weighted by Crippen LogP contribution is -2.52. The molecule has 0 saturated heterocycles. The number of hydrogen-bond donors (Lipinski definition) is 2. The smallest absolute Gasteiger partial charge is 0.189 e. The quantitative estimate of drug-likeness (QED) is 0.774. The highest BCUT2D eigenvalue weighted by molar-refractivity contribution is 6.00. The van der Waals surface area contributed by atoms with Crippen molar-refractivity contribution in [3.05, 3.63) is 47.3 Å². The van der Waals surface area contributed by atoms with Gasteiger partial charge in [-0.15, -0.1) is 0 Å². The summed E-state index contributed by atoms with van der Waals surface area (Å²) in [6.07, 6.45) is 1.82. The zero-order valence-electron chi connectivity index (χ0n) is 12.8. The predicted octanol–water partition coefficient (Wildman–Crippen LogP) is 2.26. The molecule has 1 aromatic carbocycles.